The number of fused-ring (bicyclic) bond motifs is 2. The molecule has 0 saturated heterocycles. The van der Waals surface area contributed by atoms with Gasteiger partial charge in [0.05, 0.1) is 0 Å². The summed E-state index contributed by atoms with van der Waals surface area (Å²) >= 11 is 0. The lowest BCUT2D eigenvalue weighted by Crippen LogP contribution is -2.57. The molecule has 4 bridgehead atoms. The number of nitrogens with zero attached hydrogens (tertiary/aromatic N) is 1. The molecular weight excluding hydrogens is 579 g/mol. The fourth-order valence-corrected chi connectivity index (χ4v) is 11.5. The number of anilines is 3. The fourth-order valence-electron chi connectivity index (χ4n) is 11.5. The highest BCUT2D eigenvalue weighted by Gasteiger charge is 2.60. The molecule has 1 nitrogen and oxygen atoms in total. The number of benzene rings is 5. The first kappa shape index (κ1) is 30.0. The average Bonchev–Trinajstić information content (AvgIpc) is 3.25. The van der Waals surface area contributed by atoms with Gasteiger partial charge in [0.2, 0.25) is 0 Å². The molecule has 0 radical (unpaired) electrons. The highest BCUT2D eigenvalue weighted by atomic mass is 15.1. The van der Waals surface area contributed by atoms with Crippen LogP contribution < -0.4 is 4.90 Å². The Balaban J connectivity index is 1.09. The van der Waals surface area contributed by atoms with Crippen molar-refractivity contribution in [2.75, 3.05) is 4.90 Å². The Morgan fingerprint density at radius 1 is 0.521 bits per heavy atom. The minimum Gasteiger partial charge on any atom is -0.311 e. The van der Waals surface area contributed by atoms with Crippen LogP contribution >= 0.6 is 0 Å². The van der Waals surface area contributed by atoms with Crippen LogP contribution in [-0.2, 0) is 5.41 Å². The highest BCUT2D eigenvalue weighted by molar-refractivity contribution is 5.80. The first-order valence-electron chi connectivity index (χ1n) is 18.8. The molecule has 0 spiro atoms. The van der Waals surface area contributed by atoms with Gasteiger partial charge in [0.25, 0.3) is 0 Å². The molecule has 0 amide bonds. The summed E-state index contributed by atoms with van der Waals surface area (Å²) in [6, 6.07) is 49.6. The Kier molecular flexibility index (Phi) is 7.56. The second kappa shape index (κ2) is 12.1. The maximum Gasteiger partial charge on any atom is 0.0462 e. The zero-order valence-electron chi connectivity index (χ0n) is 28.6. The zero-order valence-corrected chi connectivity index (χ0v) is 28.6. The predicted octanol–water partition coefficient (Wildman–Crippen LogP) is 12.9. The van der Waals surface area contributed by atoms with E-state index in [-0.39, 0.29) is 5.41 Å². The van der Waals surface area contributed by atoms with Crippen molar-refractivity contribution in [1.82, 2.24) is 0 Å². The fraction of sp³-hybridized carbons (Fsp3) is 0.362. The number of hydrogen-bond acceptors (Lipinski definition) is 1. The van der Waals surface area contributed by atoms with Gasteiger partial charge in [0, 0.05) is 17.1 Å². The summed E-state index contributed by atoms with van der Waals surface area (Å²) in [7, 11) is 0. The molecule has 4 aliphatic carbocycles. The summed E-state index contributed by atoms with van der Waals surface area (Å²) in [6.07, 6.45) is 10.3. The predicted molar refractivity (Wildman–Crippen MR) is 202 cm³/mol. The van der Waals surface area contributed by atoms with Gasteiger partial charge in [-0.3, -0.25) is 0 Å². The Bertz CT molecular complexity index is 1760. The molecule has 4 aliphatic rings. The van der Waals surface area contributed by atoms with Crippen molar-refractivity contribution in [3.8, 4) is 22.3 Å². The van der Waals surface area contributed by atoms with Gasteiger partial charge in [-0.25, -0.2) is 0 Å². The van der Waals surface area contributed by atoms with E-state index >= 15 is 0 Å². The van der Waals surface area contributed by atoms with Crippen molar-refractivity contribution >= 4 is 17.1 Å². The van der Waals surface area contributed by atoms with Crippen molar-refractivity contribution in [3.63, 3.8) is 0 Å². The third kappa shape index (κ3) is 5.04. The smallest absolute Gasteiger partial charge is 0.0462 e. The van der Waals surface area contributed by atoms with E-state index in [1.54, 1.807) is 5.56 Å². The first-order valence-corrected chi connectivity index (χ1v) is 18.8. The van der Waals surface area contributed by atoms with Gasteiger partial charge in [-0.1, -0.05) is 124 Å². The zero-order chi connectivity index (χ0) is 32.2. The van der Waals surface area contributed by atoms with Crippen molar-refractivity contribution in [1.29, 1.82) is 0 Å². The average molecular weight is 628 g/mol. The van der Waals surface area contributed by atoms with Gasteiger partial charge in [-0.05, 0) is 143 Å². The molecule has 0 aromatic heterocycles. The van der Waals surface area contributed by atoms with E-state index in [0.29, 0.717) is 0 Å². The molecule has 8 atom stereocenters. The second-order valence-corrected chi connectivity index (χ2v) is 16.0. The Morgan fingerprint density at radius 2 is 1.04 bits per heavy atom. The van der Waals surface area contributed by atoms with Crippen LogP contribution in [-0.4, -0.2) is 0 Å². The van der Waals surface area contributed by atoms with Crippen LogP contribution in [0, 0.1) is 41.4 Å². The van der Waals surface area contributed by atoms with E-state index in [9.17, 15) is 0 Å². The van der Waals surface area contributed by atoms with Gasteiger partial charge >= 0.3 is 0 Å². The minimum absolute atomic E-state index is 0.280. The summed E-state index contributed by atoms with van der Waals surface area (Å²) in [5, 5.41) is 0. The first-order chi connectivity index (χ1) is 23.6. The molecule has 0 N–H and O–H groups in total. The molecule has 5 aromatic carbocycles. The van der Waals surface area contributed by atoms with Crippen molar-refractivity contribution < 1.29 is 0 Å². The van der Waals surface area contributed by atoms with Crippen LogP contribution in [0.4, 0.5) is 17.1 Å². The molecule has 0 heterocycles. The quantitative estimate of drug-likeness (QED) is 0.181. The summed E-state index contributed by atoms with van der Waals surface area (Å²) in [4.78, 5) is 2.44. The van der Waals surface area contributed by atoms with E-state index in [1.165, 1.54) is 84.3 Å². The van der Waals surface area contributed by atoms with Gasteiger partial charge in [0.1, 0.15) is 0 Å². The standard InChI is InChI=1S/C47H49N/c1-32-28-33-29-38-14-9-15-40-31-44(32)45(30-33)46(38)47(40,2)39-20-26-43(27-21-39)48(41-22-16-36(17-23-41)34-10-5-3-6-11-34)42-24-18-37(19-25-42)35-12-7-4-8-13-35/h3-8,10-13,16-27,32-33,38,40,44-46H,9,14-15,28-31H2,1-2H3. The van der Waals surface area contributed by atoms with Crippen LogP contribution in [0.3, 0.4) is 0 Å². The molecule has 1 heteroatoms. The van der Waals surface area contributed by atoms with Crippen molar-refractivity contribution in [3.05, 3.63) is 139 Å². The summed E-state index contributed by atoms with van der Waals surface area (Å²) in [5.41, 5.74) is 10.5. The molecule has 0 aliphatic heterocycles. The van der Waals surface area contributed by atoms with E-state index in [4.69, 9.17) is 0 Å². The van der Waals surface area contributed by atoms with Crippen molar-refractivity contribution in [2.45, 2.75) is 64.2 Å². The third-order valence-corrected chi connectivity index (χ3v) is 13.6. The van der Waals surface area contributed by atoms with E-state index in [1.807, 2.05) is 0 Å². The van der Waals surface area contributed by atoms with Crippen LogP contribution in [0.15, 0.2) is 133 Å². The lowest BCUT2D eigenvalue weighted by atomic mass is 9.42. The number of rotatable bonds is 6. The molecule has 48 heavy (non-hydrogen) atoms. The topological polar surface area (TPSA) is 3.24 Å². The Hall–Kier alpha value is -4.10. The van der Waals surface area contributed by atoms with E-state index in [0.717, 1.165) is 41.4 Å². The molecular formula is C47H49N. The third-order valence-electron chi connectivity index (χ3n) is 13.6. The minimum atomic E-state index is 0.280. The summed E-state index contributed by atoms with van der Waals surface area (Å²) < 4.78 is 0. The number of hydrogen-bond donors (Lipinski definition) is 0. The van der Waals surface area contributed by atoms with Crippen LogP contribution in [0.2, 0.25) is 0 Å². The largest absolute Gasteiger partial charge is 0.311 e. The Morgan fingerprint density at radius 3 is 1.60 bits per heavy atom. The normalized spacial score (nSPS) is 30.4. The van der Waals surface area contributed by atoms with Gasteiger partial charge < -0.3 is 4.90 Å². The lowest BCUT2D eigenvalue weighted by Gasteiger charge is -2.62. The molecule has 4 fully saturated rings. The van der Waals surface area contributed by atoms with Crippen LogP contribution in [0.25, 0.3) is 22.3 Å². The second-order valence-electron chi connectivity index (χ2n) is 16.0. The molecule has 4 saturated carbocycles. The lowest BCUT2D eigenvalue weighted by molar-refractivity contribution is -0.0997. The van der Waals surface area contributed by atoms with Gasteiger partial charge in [0.15, 0.2) is 0 Å². The maximum atomic E-state index is 2.70. The molecule has 242 valence electrons. The molecule has 8 unspecified atom stereocenters. The molecule has 9 rings (SSSR count). The maximum absolute atomic E-state index is 2.70. The Labute approximate surface area is 288 Å². The SMILES string of the molecule is CC1CC2CC3CCCC4CC1C(C2)C3C4(C)c1ccc(N(c2ccc(-c3ccccc3)cc2)c2ccc(-c3ccccc3)cc2)cc1. The monoisotopic (exact) mass is 627 g/mol. The molecule has 5 aromatic rings. The van der Waals surface area contributed by atoms with Gasteiger partial charge in [-0.15, -0.1) is 0 Å². The van der Waals surface area contributed by atoms with E-state index in [2.05, 4.69) is 152 Å². The van der Waals surface area contributed by atoms with Crippen LogP contribution in [0.1, 0.15) is 64.4 Å². The highest BCUT2D eigenvalue weighted by Crippen LogP contribution is 2.66. The van der Waals surface area contributed by atoms with Crippen LogP contribution in [0.5, 0.6) is 0 Å². The van der Waals surface area contributed by atoms with Gasteiger partial charge in [-0.2, -0.15) is 0 Å². The summed E-state index contributed by atoms with van der Waals surface area (Å²) in [5.74, 6) is 6.36. The summed E-state index contributed by atoms with van der Waals surface area (Å²) in [6.45, 7) is 5.30. The van der Waals surface area contributed by atoms with E-state index < -0.39 is 0 Å². The van der Waals surface area contributed by atoms with Crippen molar-refractivity contribution in [2.24, 2.45) is 41.4 Å².